The Hall–Kier alpha value is -1.26. The minimum Gasteiger partial charge on any atom is -0.468 e. The summed E-state index contributed by atoms with van der Waals surface area (Å²) in [5, 5.41) is -1.21. The zero-order valence-corrected chi connectivity index (χ0v) is 12.4. The number of thiocarbonyl (C=S) groups is 1. The average Bonchev–Trinajstić information content (AvgIpc) is 2.36. The van der Waals surface area contributed by atoms with Gasteiger partial charge in [-0.3, -0.25) is 9.59 Å². The van der Waals surface area contributed by atoms with Gasteiger partial charge in [-0.25, -0.2) is 8.42 Å². The van der Waals surface area contributed by atoms with Crippen LogP contribution < -0.4 is 5.73 Å². The van der Waals surface area contributed by atoms with Crippen molar-refractivity contribution in [2.24, 2.45) is 5.73 Å². The zero-order chi connectivity index (χ0) is 15.2. The number of ether oxygens (including phenoxy) is 2. The fraction of sp³-hybridized carbons (Fsp3) is 0.667. The summed E-state index contributed by atoms with van der Waals surface area (Å²) in [4.78, 5) is 22.1. The van der Waals surface area contributed by atoms with Crippen LogP contribution >= 0.6 is 12.2 Å². The lowest BCUT2D eigenvalue weighted by molar-refractivity contribution is -0.143. The highest BCUT2D eigenvalue weighted by Crippen LogP contribution is 2.10. The van der Waals surface area contributed by atoms with E-state index in [4.69, 9.17) is 5.73 Å². The van der Waals surface area contributed by atoms with Gasteiger partial charge in [0.1, 0.15) is 18.3 Å². The Morgan fingerprint density at radius 3 is 1.84 bits per heavy atom. The first-order chi connectivity index (χ1) is 8.66. The van der Waals surface area contributed by atoms with Crippen LogP contribution in [0.15, 0.2) is 0 Å². The van der Waals surface area contributed by atoms with E-state index in [2.05, 4.69) is 21.7 Å². The van der Waals surface area contributed by atoms with Crippen molar-refractivity contribution in [1.82, 2.24) is 4.31 Å². The van der Waals surface area contributed by atoms with Crippen molar-refractivity contribution in [3.8, 4) is 0 Å². The van der Waals surface area contributed by atoms with Crippen LogP contribution in [-0.4, -0.2) is 62.2 Å². The molecule has 0 aliphatic heterocycles. The zero-order valence-electron chi connectivity index (χ0n) is 10.8. The standard InChI is InChI=1S/C9H16N2O6S2/c1-6(9(10)18)19(14,15)11(4-7(12)16-2)5-8(13)17-3/h6H,4-5H2,1-3H3,(H2,10,18). The molecule has 0 aromatic rings. The van der Waals surface area contributed by atoms with Crippen molar-refractivity contribution in [2.45, 2.75) is 12.2 Å². The van der Waals surface area contributed by atoms with E-state index in [0.29, 0.717) is 4.31 Å². The molecule has 0 amide bonds. The maximum atomic E-state index is 12.1. The molecule has 8 nitrogen and oxygen atoms in total. The van der Waals surface area contributed by atoms with Crippen molar-refractivity contribution < 1.29 is 27.5 Å². The molecule has 2 N–H and O–H groups in total. The highest BCUT2D eigenvalue weighted by atomic mass is 32.2. The lowest BCUT2D eigenvalue weighted by atomic mass is 10.5. The summed E-state index contributed by atoms with van der Waals surface area (Å²) in [6.07, 6.45) is 0. The number of esters is 2. The SMILES string of the molecule is COC(=O)CN(CC(=O)OC)S(=O)(=O)C(C)C(N)=S. The number of carbonyl (C=O) groups is 2. The van der Waals surface area contributed by atoms with E-state index in [9.17, 15) is 18.0 Å². The van der Waals surface area contributed by atoms with Crippen LogP contribution in [-0.2, 0) is 29.1 Å². The number of hydrogen-bond donors (Lipinski definition) is 1. The number of nitrogens with zero attached hydrogens (tertiary/aromatic N) is 1. The van der Waals surface area contributed by atoms with E-state index in [1.54, 1.807) is 0 Å². The molecule has 1 unspecified atom stereocenters. The van der Waals surface area contributed by atoms with Crippen molar-refractivity contribution in [2.75, 3.05) is 27.3 Å². The summed E-state index contributed by atoms with van der Waals surface area (Å²) in [6.45, 7) is 0.0149. The molecule has 0 aromatic carbocycles. The molecule has 0 spiro atoms. The Morgan fingerprint density at radius 2 is 1.58 bits per heavy atom. The highest BCUT2D eigenvalue weighted by molar-refractivity contribution is 7.92. The molecule has 0 heterocycles. The second-order valence-corrected chi connectivity index (χ2v) is 6.23. The van der Waals surface area contributed by atoms with Gasteiger partial charge >= 0.3 is 11.9 Å². The van der Waals surface area contributed by atoms with E-state index >= 15 is 0 Å². The molecule has 0 saturated heterocycles. The topological polar surface area (TPSA) is 116 Å². The monoisotopic (exact) mass is 312 g/mol. The predicted molar refractivity (Wildman–Crippen MR) is 70.8 cm³/mol. The fourth-order valence-corrected chi connectivity index (χ4v) is 2.70. The Labute approximate surface area is 116 Å². The Kier molecular flexibility index (Phi) is 6.87. The number of nitrogens with two attached hydrogens (primary N) is 1. The van der Waals surface area contributed by atoms with Crippen LogP contribution in [0, 0.1) is 0 Å². The lowest BCUT2D eigenvalue weighted by Gasteiger charge is -2.23. The molecule has 0 saturated carbocycles. The van der Waals surface area contributed by atoms with Gasteiger partial charge in [0.2, 0.25) is 10.0 Å². The van der Waals surface area contributed by atoms with E-state index in [1.165, 1.54) is 6.92 Å². The van der Waals surface area contributed by atoms with Crippen LogP contribution in [0.5, 0.6) is 0 Å². The van der Waals surface area contributed by atoms with Crippen LogP contribution in [0.3, 0.4) is 0 Å². The summed E-state index contributed by atoms with van der Waals surface area (Å²) in [5.41, 5.74) is 5.28. The molecule has 0 aliphatic rings. The predicted octanol–water partition coefficient (Wildman–Crippen LogP) is -1.36. The van der Waals surface area contributed by atoms with E-state index < -0.39 is 40.3 Å². The van der Waals surface area contributed by atoms with Gasteiger partial charge < -0.3 is 15.2 Å². The van der Waals surface area contributed by atoms with Gasteiger partial charge in [0.15, 0.2) is 0 Å². The van der Waals surface area contributed by atoms with Crippen molar-refractivity contribution in [3.05, 3.63) is 0 Å². The van der Waals surface area contributed by atoms with Crippen LogP contribution in [0.4, 0.5) is 0 Å². The molecule has 0 radical (unpaired) electrons. The molecule has 19 heavy (non-hydrogen) atoms. The second kappa shape index (κ2) is 7.36. The summed E-state index contributed by atoms with van der Waals surface area (Å²) >= 11 is 4.61. The quantitative estimate of drug-likeness (QED) is 0.452. The van der Waals surface area contributed by atoms with Crippen LogP contribution in [0.25, 0.3) is 0 Å². The molecule has 0 fully saturated rings. The van der Waals surface area contributed by atoms with Crippen molar-refractivity contribution in [3.63, 3.8) is 0 Å². The van der Waals surface area contributed by atoms with Gasteiger partial charge in [-0.15, -0.1) is 0 Å². The van der Waals surface area contributed by atoms with E-state index in [-0.39, 0.29) is 4.99 Å². The van der Waals surface area contributed by atoms with Gasteiger partial charge in [0.05, 0.1) is 19.2 Å². The van der Waals surface area contributed by atoms with E-state index in [0.717, 1.165) is 14.2 Å². The van der Waals surface area contributed by atoms with E-state index in [1.807, 2.05) is 0 Å². The molecule has 110 valence electrons. The summed E-state index contributed by atoms with van der Waals surface area (Å²) in [6, 6.07) is 0. The molecule has 0 rings (SSSR count). The number of carbonyl (C=O) groups excluding carboxylic acids is 2. The third kappa shape index (κ3) is 5.09. The van der Waals surface area contributed by atoms with Gasteiger partial charge in [0.25, 0.3) is 0 Å². The molecular weight excluding hydrogens is 296 g/mol. The molecule has 0 bridgehead atoms. The molecule has 10 heteroatoms. The van der Waals surface area contributed by atoms with Gasteiger partial charge in [-0.2, -0.15) is 4.31 Å². The minimum atomic E-state index is -4.05. The summed E-state index contributed by atoms with van der Waals surface area (Å²) in [5.74, 6) is -1.63. The first-order valence-electron chi connectivity index (χ1n) is 5.08. The maximum Gasteiger partial charge on any atom is 0.321 e. The summed E-state index contributed by atoms with van der Waals surface area (Å²) in [7, 11) is -1.85. The first-order valence-corrected chi connectivity index (χ1v) is 6.99. The number of sulfonamides is 1. The lowest BCUT2D eigenvalue weighted by Crippen LogP contribution is -2.47. The van der Waals surface area contributed by atoms with Gasteiger partial charge in [-0.1, -0.05) is 12.2 Å². The molecule has 0 aliphatic carbocycles. The van der Waals surface area contributed by atoms with Gasteiger partial charge in [-0.05, 0) is 6.92 Å². The molecular formula is C9H16N2O6S2. The summed E-state index contributed by atoms with van der Waals surface area (Å²) < 4.78 is 33.6. The second-order valence-electron chi connectivity index (χ2n) is 3.51. The maximum absolute atomic E-state index is 12.1. The first kappa shape index (κ1) is 17.7. The largest absolute Gasteiger partial charge is 0.468 e. The minimum absolute atomic E-state index is 0.264. The number of rotatable bonds is 7. The Balaban J connectivity index is 5.27. The van der Waals surface area contributed by atoms with Crippen LogP contribution in [0.1, 0.15) is 6.92 Å². The number of methoxy groups -OCH3 is 2. The third-order valence-corrected chi connectivity index (χ3v) is 4.90. The van der Waals surface area contributed by atoms with Gasteiger partial charge in [0, 0.05) is 0 Å². The molecule has 0 aromatic heterocycles. The van der Waals surface area contributed by atoms with Crippen molar-refractivity contribution >= 4 is 39.2 Å². The normalized spacial score (nSPS) is 12.8. The highest BCUT2D eigenvalue weighted by Gasteiger charge is 2.34. The Bertz CT molecular complexity index is 443. The molecule has 1 atom stereocenters. The Morgan fingerprint density at radius 1 is 1.21 bits per heavy atom. The van der Waals surface area contributed by atoms with Crippen LogP contribution in [0.2, 0.25) is 0 Å². The third-order valence-electron chi connectivity index (χ3n) is 2.27. The fourth-order valence-electron chi connectivity index (χ4n) is 1.02. The van der Waals surface area contributed by atoms with Crippen molar-refractivity contribution in [1.29, 1.82) is 0 Å². The average molecular weight is 312 g/mol. The smallest absolute Gasteiger partial charge is 0.321 e. The number of hydrogen-bond acceptors (Lipinski definition) is 7.